The summed E-state index contributed by atoms with van der Waals surface area (Å²) < 4.78 is 17.6. The molecule has 0 spiro atoms. The first kappa shape index (κ1) is 19.9. The fourth-order valence-corrected chi connectivity index (χ4v) is 5.60. The summed E-state index contributed by atoms with van der Waals surface area (Å²) in [5, 5.41) is 1.23. The Morgan fingerprint density at radius 2 is 1.86 bits per heavy atom. The van der Waals surface area contributed by atoms with Crippen molar-refractivity contribution in [2.45, 2.75) is 70.6 Å². The van der Waals surface area contributed by atoms with Crippen LogP contribution in [0.2, 0.25) is 0 Å². The molecule has 2 aromatic rings. The van der Waals surface area contributed by atoms with Crippen LogP contribution in [0.4, 0.5) is 4.39 Å². The molecule has 1 saturated heterocycles. The number of halogens is 1. The van der Waals surface area contributed by atoms with Crippen LogP contribution in [0.25, 0.3) is 10.9 Å². The standard InChI is InChI=1S/C24H36FN3/c1-17(2)18-7-9-20(10-8-18)27-14-12-24(22(25)16-27)28-15-19(11-13-26)21-5-3-4-6-23(21)28/h3-6,15,17-18,20,22,24H,7-14,16,26H2,1-2H3. The van der Waals surface area contributed by atoms with Crippen LogP contribution >= 0.6 is 0 Å². The van der Waals surface area contributed by atoms with Gasteiger partial charge in [-0.25, -0.2) is 4.39 Å². The van der Waals surface area contributed by atoms with E-state index >= 15 is 4.39 Å². The number of nitrogens with zero attached hydrogens (tertiary/aromatic N) is 2. The van der Waals surface area contributed by atoms with Gasteiger partial charge in [-0.3, -0.25) is 4.90 Å². The van der Waals surface area contributed by atoms with Crippen LogP contribution in [0.15, 0.2) is 30.5 Å². The maximum atomic E-state index is 15.4. The first-order chi connectivity index (χ1) is 13.6. The minimum atomic E-state index is -0.807. The van der Waals surface area contributed by atoms with Crippen molar-refractivity contribution in [3.05, 3.63) is 36.0 Å². The van der Waals surface area contributed by atoms with Crippen molar-refractivity contribution in [1.29, 1.82) is 0 Å². The first-order valence-electron chi connectivity index (χ1n) is 11.2. The minimum absolute atomic E-state index is 0.0559. The van der Waals surface area contributed by atoms with E-state index in [2.05, 4.69) is 53.8 Å². The van der Waals surface area contributed by atoms with Gasteiger partial charge in [0.15, 0.2) is 0 Å². The first-order valence-corrected chi connectivity index (χ1v) is 11.2. The number of para-hydroxylation sites is 1. The van der Waals surface area contributed by atoms with Crippen molar-refractivity contribution in [2.75, 3.05) is 19.6 Å². The third-order valence-electron chi connectivity index (χ3n) is 7.33. The smallest absolute Gasteiger partial charge is 0.133 e. The van der Waals surface area contributed by atoms with Crippen molar-refractivity contribution in [3.63, 3.8) is 0 Å². The number of fused-ring (bicyclic) bond motifs is 1. The zero-order valence-corrected chi connectivity index (χ0v) is 17.5. The van der Waals surface area contributed by atoms with Gasteiger partial charge in [-0.1, -0.05) is 32.0 Å². The summed E-state index contributed by atoms with van der Waals surface area (Å²) in [5.74, 6) is 1.65. The molecular weight excluding hydrogens is 349 g/mol. The lowest BCUT2D eigenvalue weighted by atomic mass is 9.79. The summed E-state index contributed by atoms with van der Waals surface area (Å²) in [4.78, 5) is 2.45. The number of benzene rings is 1. The molecule has 1 aliphatic heterocycles. The molecule has 2 atom stereocenters. The van der Waals surface area contributed by atoms with Crippen molar-refractivity contribution in [2.24, 2.45) is 17.6 Å². The van der Waals surface area contributed by atoms with Gasteiger partial charge in [-0.05, 0) is 68.5 Å². The number of rotatable bonds is 5. The van der Waals surface area contributed by atoms with Crippen LogP contribution < -0.4 is 5.73 Å². The van der Waals surface area contributed by atoms with Gasteiger partial charge >= 0.3 is 0 Å². The molecule has 4 rings (SSSR count). The zero-order valence-electron chi connectivity index (χ0n) is 17.5. The average Bonchev–Trinajstić information content (AvgIpc) is 3.07. The molecule has 1 aromatic heterocycles. The lowest BCUT2D eigenvalue weighted by Gasteiger charge is -2.43. The van der Waals surface area contributed by atoms with Crippen LogP contribution in [0.1, 0.15) is 57.6 Å². The van der Waals surface area contributed by atoms with E-state index in [9.17, 15) is 0 Å². The molecule has 0 radical (unpaired) electrons. The van der Waals surface area contributed by atoms with E-state index < -0.39 is 6.17 Å². The number of nitrogens with two attached hydrogens (primary N) is 1. The molecule has 2 aliphatic rings. The Kier molecular flexibility index (Phi) is 6.07. The summed E-state index contributed by atoms with van der Waals surface area (Å²) in [7, 11) is 0. The number of aromatic nitrogens is 1. The predicted molar refractivity (Wildman–Crippen MR) is 115 cm³/mol. The quantitative estimate of drug-likeness (QED) is 0.791. The molecule has 0 amide bonds. The summed E-state index contributed by atoms with van der Waals surface area (Å²) in [5.41, 5.74) is 8.21. The third-order valence-corrected chi connectivity index (χ3v) is 7.33. The maximum Gasteiger partial charge on any atom is 0.133 e. The van der Waals surface area contributed by atoms with Crippen LogP contribution in [0, 0.1) is 11.8 Å². The predicted octanol–water partition coefficient (Wildman–Crippen LogP) is 4.94. The van der Waals surface area contributed by atoms with Gasteiger partial charge in [0.25, 0.3) is 0 Å². The molecule has 2 N–H and O–H groups in total. The molecule has 2 fully saturated rings. The van der Waals surface area contributed by atoms with Crippen molar-refractivity contribution in [3.8, 4) is 0 Å². The number of hydrogen-bond donors (Lipinski definition) is 1. The van der Waals surface area contributed by atoms with E-state index in [0.717, 1.165) is 36.7 Å². The number of piperidine rings is 1. The SMILES string of the molecule is CC(C)C1CCC(N2CCC(n3cc(CCN)c4ccccc43)C(F)C2)CC1. The van der Waals surface area contributed by atoms with Crippen LogP contribution in [0.3, 0.4) is 0 Å². The Hall–Kier alpha value is -1.39. The van der Waals surface area contributed by atoms with E-state index in [1.807, 2.05) is 0 Å². The van der Waals surface area contributed by atoms with Crippen molar-refractivity contribution in [1.82, 2.24) is 9.47 Å². The molecule has 1 saturated carbocycles. The van der Waals surface area contributed by atoms with Crippen LogP contribution in [-0.2, 0) is 6.42 Å². The second-order valence-corrected chi connectivity index (χ2v) is 9.30. The molecule has 1 aromatic carbocycles. The third kappa shape index (κ3) is 3.86. The Balaban J connectivity index is 1.46. The average molecular weight is 386 g/mol. The number of alkyl halides is 1. The van der Waals surface area contributed by atoms with E-state index in [4.69, 9.17) is 5.73 Å². The van der Waals surface area contributed by atoms with Crippen LogP contribution in [0.5, 0.6) is 0 Å². The second kappa shape index (κ2) is 8.54. The van der Waals surface area contributed by atoms with Gasteiger partial charge in [0.05, 0.1) is 6.04 Å². The zero-order chi connectivity index (χ0) is 19.7. The van der Waals surface area contributed by atoms with Crippen LogP contribution in [-0.4, -0.2) is 41.3 Å². The van der Waals surface area contributed by atoms with E-state index in [1.165, 1.54) is 36.6 Å². The second-order valence-electron chi connectivity index (χ2n) is 9.30. The summed E-state index contributed by atoms with van der Waals surface area (Å²) in [6, 6.07) is 8.92. The topological polar surface area (TPSA) is 34.2 Å². The van der Waals surface area contributed by atoms with Gasteiger partial charge < -0.3 is 10.3 Å². The molecule has 2 heterocycles. The Morgan fingerprint density at radius 3 is 2.54 bits per heavy atom. The Bertz CT molecular complexity index is 775. The fraction of sp³-hybridized carbons (Fsp3) is 0.667. The monoisotopic (exact) mass is 385 g/mol. The molecule has 28 heavy (non-hydrogen) atoms. The van der Waals surface area contributed by atoms with E-state index in [1.54, 1.807) is 0 Å². The normalized spacial score (nSPS) is 29.6. The number of likely N-dealkylation sites (tertiary alicyclic amines) is 1. The fourth-order valence-electron chi connectivity index (χ4n) is 5.60. The molecule has 2 unspecified atom stereocenters. The van der Waals surface area contributed by atoms with Gasteiger partial charge in [-0.15, -0.1) is 0 Å². The highest BCUT2D eigenvalue weighted by molar-refractivity contribution is 5.84. The van der Waals surface area contributed by atoms with Gasteiger partial charge in [-0.2, -0.15) is 0 Å². The van der Waals surface area contributed by atoms with E-state index in [-0.39, 0.29) is 6.04 Å². The maximum absolute atomic E-state index is 15.4. The van der Waals surface area contributed by atoms with Crippen molar-refractivity contribution >= 4 is 10.9 Å². The summed E-state index contributed by atoms with van der Waals surface area (Å²) in [6.45, 7) is 6.91. The highest BCUT2D eigenvalue weighted by atomic mass is 19.1. The minimum Gasteiger partial charge on any atom is -0.341 e. The van der Waals surface area contributed by atoms with Gasteiger partial charge in [0.1, 0.15) is 6.17 Å². The van der Waals surface area contributed by atoms with Gasteiger partial charge in [0.2, 0.25) is 0 Å². The van der Waals surface area contributed by atoms with Gasteiger partial charge in [0, 0.05) is 36.2 Å². The highest BCUT2D eigenvalue weighted by Crippen LogP contribution is 2.36. The molecule has 154 valence electrons. The Morgan fingerprint density at radius 1 is 1.11 bits per heavy atom. The molecule has 1 aliphatic carbocycles. The molecule has 3 nitrogen and oxygen atoms in total. The summed E-state index contributed by atoms with van der Waals surface area (Å²) in [6.07, 6.45) is 8.21. The largest absolute Gasteiger partial charge is 0.341 e. The molecule has 0 bridgehead atoms. The molecule has 4 heteroatoms. The lowest BCUT2D eigenvalue weighted by molar-refractivity contribution is 0.0392. The number of hydrogen-bond acceptors (Lipinski definition) is 2. The van der Waals surface area contributed by atoms with Crippen molar-refractivity contribution < 1.29 is 4.39 Å². The molecular formula is C24H36FN3. The Labute approximate surface area is 169 Å². The lowest BCUT2D eigenvalue weighted by Crippen LogP contribution is -2.48. The summed E-state index contributed by atoms with van der Waals surface area (Å²) >= 11 is 0. The van der Waals surface area contributed by atoms with E-state index in [0.29, 0.717) is 19.1 Å². The highest BCUT2D eigenvalue weighted by Gasteiger charge is 2.36.